The maximum atomic E-state index is 4.34. The Bertz CT molecular complexity index is 364. The summed E-state index contributed by atoms with van der Waals surface area (Å²) in [6, 6.07) is 4.93. The Morgan fingerprint density at radius 2 is 2.05 bits per heavy atom. The molecule has 0 aromatic carbocycles. The van der Waals surface area contributed by atoms with E-state index in [0.717, 1.165) is 18.2 Å². The van der Waals surface area contributed by atoms with Crippen molar-refractivity contribution >= 4 is 0 Å². The summed E-state index contributed by atoms with van der Waals surface area (Å²) in [6.45, 7) is 11.3. The Kier molecular flexibility index (Phi) is 5.34. The zero-order chi connectivity index (χ0) is 13.7. The van der Waals surface area contributed by atoms with Gasteiger partial charge >= 0.3 is 0 Å². The van der Waals surface area contributed by atoms with E-state index in [-0.39, 0.29) is 0 Å². The third-order valence-electron chi connectivity index (χ3n) is 3.78. The monoisotopic (exact) mass is 261 g/mol. The number of hydrogen-bond donors (Lipinski definition) is 1. The Hall–Kier alpha value is -0.930. The Morgan fingerprint density at radius 3 is 2.63 bits per heavy atom. The molecule has 1 N–H and O–H groups in total. The van der Waals surface area contributed by atoms with Gasteiger partial charge in [0.05, 0.1) is 0 Å². The Balaban J connectivity index is 1.69. The maximum absolute atomic E-state index is 4.34. The van der Waals surface area contributed by atoms with Gasteiger partial charge in [0.25, 0.3) is 0 Å². The molecule has 0 amide bonds. The first-order chi connectivity index (χ1) is 9.13. The normalized spacial score (nSPS) is 18.1. The highest BCUT2D eigenvalue weighted by Gasteiger charge is 2.18. The number of likely N-dealkylation sites (tertiary alicyclic amines) is 1. The van der Waals surface area contributed by atoms with Crippen LogP contribution in [0.5, 0.6) is 0 Å². The summed E-state index contributed by atoms with van der Waals surface area (Å²) in [5.41, 5.74) is 2.38. The molecule has 19 heavy (non-hydrogen) atoms. The first kappa shape index (κ1) is 14.5. The number of piperidine rings is 1. The lowest BCUT2D eigenvalue weighted by atomic mass is 10.0. The number of hydrogen-bond acceptors (Lipinski definition) is 3. The lowest BCUT2D eigenvalue weighted by Gasteiger charge is -2.33. The molecule has 1 aromatic heterocycles. The van der Waals surface area contributed by atoms with Crippen molar-refractivity contribution in [1.82, 2.24) is 15.2 Å². The van der Waals surface area contributed by atoms with E-state index >= 15 is 0 Å². The third kappa shape index (κ3) is 4.92. The molecular weight excluding hydrogens is 234 g/mol. The number of pyridine rings is 1. The molecule has 1 fully saturated rings. The van der Waals surface area contributed by atoms with Gasteiger partial charge in [0.2, 0.25) is 0 Å². The summed E-state index contributed by atoms with van der Waals surface area (Å²) in [5, 5.41) is 3.66. The van der Waals surface area contributed by atoms with Crippen LogP contribution in [0, 0.1) is 12.8 Å². The molecule has 0 radical (unpaired) electrons. The summed E-state index contributed by atoms with van der Waals surface area (Å²) < 4.78 is 0. The number of aromatic nitrogens is 1. The fourth-order valence-corrected chi connectivity index (χ4v) is 2.70. The highest BCUT2D eigenvalue weighted by molar-refractivity contribution is 5.12. The van der Waals surface area contributed by atoms with Gasteiger partial charge in [-0.05, 0) is 50.4 Å². The van der Waals surface area contributed by atoms with Crippen molar-refractivity contribution in [2.45, 2.75) is 46.2 Å². The molecule has 1 aliphatic heterocycles. The van der Waals surface area contributed by atoms with Crippen LogP contribution in [-0.4, -0.2) is 35.6 Å². The van der Waals surface area contributed by atoms with Gasteiger partial charge in [0, 0.05) is 31.0 Å². The highest BCUT2D eigenvalue weighted by Crippen LogP contribution is 2.12. The van der Waals surface area contributed by atoms with Gasteiger partial charge in [0.15, 0.2) is 0 Å². The summed E-state index contributed by atoms with van der Waals surface area (Å²) >= 11 is 0. The van der Waals surface area contributed by atoms with E-state index in [0.29, 0.717) is 6.04 Å². The molecule has 0 saturated carbocycles. The third-order valence-corrected chi connectivity index (χ3v) is 3.78. The van der Waals surface area contributed by atoms with Crippen LogP contribution in [0.4, 0.5) is 0 Å². The SMILES string of the molecule is Cc1ccc(CNC2CCN(CC(C)C)CC2)cn1. The summed E-state index contributed by atoms with van der Waals surface area (Å²) in [6.07, 6.45) is 4.52. The van der Waals surface area contributed by atoms with Crippen LogP contribution in [0.2, 0.25) is 0 Å². The second kappa shape index (κ2) is 7.01. The minimum Gasteiger partial charge on any atom is -0.310 e. The molecule has 0 spiro atoms. The van der Waals surface area contributed by atoms with Crippen LogP contribution >= 0.6 is 0 Å². The molecule has 2 rings (SSSR count). The largest absolute Gasteiger partial charge is 0.310 e. The molecule has 1 aromatic rings. The Morgan fingerprint density at radius 1 is 1.32 bits per heavy atom. The standard InChI is InChI=1S/C16H27N3/c1-13(2)12-19-8-6-16(7-9-19)18-11-15-5-4-14(3)17-10-15/h4-5,10,13,16,18H,6-9,11-12H2,1-3H3. The van der Waals surface area contributed by atoms with E-state index in [1.807, 2.05) is 13.1 Å². The van der Waals surface area contributed by atoms with Gasteiger partial charge in [-0.2, -0.15) is 0 Å². The lowest BCUT2D eigenvalue weighted by Crippen LogP contribution is -2.43. The maximum Gasteiger partial charge on any atom is 0.0372 e. The number of rotatable bonds is 5. The van der Waals surface area contributed by atoms with Crippen LogP contribution in [0.15, 0.2) is 18.3 Å². The molecule has 1 saturated heterocycles. The van der Waals surface area contributed by atoms with Crippen LogP contribution in [0.3, 0.4) is 0 Å². The van der Waals surface area contributed by atoms with Crippen molar-refractivity contribution in [3.05, 3.63) is 29.6 Å². The molecule has 0 bridgehead atoms. The second-order valence-corrected chi connectivity index (χ2v) is 6.16. The van der Waals surface area contributed by atoms with Crippen molar-refractivity contribution < 1.29 is 0 Å². The number of nitrogens with one attached hydrogen (secondary N) is 1. The fourth-order valence-electron chi connectivity index (χ4n) is 2.70. The van der Waals surface area contributed by atoms with Crippen LogP contribution in [0.25, 0.3) is 0 Å². The molecule has 106 valence electrons. The molecule has 2 heterocycles. The number of nitrogens with zero attached hydrogens (tertiary/aromatic N) is 2. The van der Waals surface area contributed by atoms with E-state index in [1.165, 1.54) is 38.0 Å². The molecule has 3 nitrogen and oxygen atoms in total. The van der Waals surface area contributed by atoms with Crippen LogP contribution in [0.1, 0.15) is 37.9 Å². The predicted octanol–water partition coefficient (Wildman–Crippen LogP) is 2.60. The van der Waals surface area contributed by atoms with E-state index < -0.39 is 0 Å². The lowest BCUT2D eigenvalue weighted by molar-refractivity contribution is 0.179. The minimum atomic E-state index is 0.671. The topological polar surface area (TPSA) is 28.2 Å². The molecule has 0 aliphatic carbocycles. The zero-order valence-corrected chi connectivity index (χ0v) is 12.5. The van der Waals surface area contributed by atoms with Crippen molar-refractivity contribution in [3.63, 3.8) is 0 Å². The quantitative estimate of drug-likeness (QED) is 0.883. The molecular formula is C16H27N3. The summed E-state index contributed by atoms with van der Waals surface area (Å²) in [5.74, 6) is 0.781. The van der Waals surface area contributed by atoms with Gasteiger partial charge < -0.3 is 10.2 Å². The first-order valence-electron chi connectivity index (χ1n) is 7.51. The Labute approximate surface area is 117 Å². The molecule has 1 aliphatic rings. The second-order valence-electron chi connectivity index (χ2n) is 6.16. The van der Waals surface area contributed by atoms with Gasteiger partial charge in [-0.1, -0.05) is 19.9 Å². The highest BCUT2D eigenvalue weighted by atomic mass is 15.1. The van der Waals surface area contributed by atoms with E-state index in [2.05, 4.69) is 41.2 Å². The van der Waals surface area contributed by atoms with Crippen molar-refractivity contribution in [3.8, 4) is 0 Å². The summed E-state index contributed by atoms with van der Waals surface area (Å²) in [7, 11) is 0. The van der Waals surface area contributed by atoms with Crippen molar-refractivity contribution in [2.24, 2.45) is 5.92 Å². The van der Waals surface area contributed by atoms with E-state index in [9.17, 15) is 0 Å². The molecule has 0 unspecified atom stereocenters. The van der Waals surface area contributed by atoms with Gasteiger partial charge in [-0.3, -0.25) is 4.98 Å². The average molecular weight is 261 g/mol. The van der Waals surface area contributed by atoms with Gasteiger partial charge in [-0.25, -0.2) is 0 Å². The van der Waals surface area contributed by atoms with E-state index in [4.69, 9.17) is 0 Å². The van der Waals surface area contributed by atoms with E-state index in [1.54, 1.807) is 0 Å². The summed E-state index contributed by atoms with van der Waals surface area (Å²) in [4.78, 5) is 6.93. The first-order valence-corrected chi connectivity index (χ1v) is 7.51. The van der Waals surface area contributed by atoms with Crippen LogP contribution < -0.4 is 5.32 Å². The van der Waals surface area contributed by atoms with Crippen LogP contribution in [-0.2, 0) is 6.54 Å². The van der Waals surface area contributed by atoms with Gasteiger partial charge in [-0.15, -0.1) is 0 Å². The number of aryl methyl sites for hydroxylation is 1. The predicted molar refractivity (Wildman–Crippen MR) is 80.1 cm³/mol. The van der Waals surface area contributed by atoms with Gasteiger partial charge in [0.1, 0.15) is 0 Å². The van der Waals surface area contributed by atoms with Crippen molar-refractivity contribution in [2.75, 3.05) is 19.6 Å². The average Bonchev–Trinajstić information content (AvgIpc) is 2.39. The van der Waals surface area contributed by atoms with Crippen molar-refractivity contribution in [1.29, 1.82) is 0 Å². The smallest absolute Gasteiger partial charge is 0.0372 e. The molecule has 3 heteroatoms. The minimum absolute atomic E-state index is 0.671. The zero-order valence-electron chi connectivity index (χ0n) is 12.5. The fraction of sp³-hybridized carbons (Fsp3) is 0.688. The molecule has 0 atom stereocenters.